The average Bonchev–Trinajstić information content (AvgIpc) is 2.90. The Morgan fingerprint density at radius 2 is 1.76 bits per heavy atom. The molecule has 4 rings (SSSR count). The van der Waals surface area contributed by atoms with Crippen LogP contribution in [0.4, 0.5) is 0 Å². The smallest absolute Gasteiger partial charge is 0.249 e. The molecule has 1 heterocycles. The molecule has 1 fully saturated rings. The molecule has 37 heavy (non-hydrogen) atoms. The summed E-state index contributed by atoms with van der Waals surface area (Å²) >= 11 is 7.77. The first-order chi connectivity index (χ1) is 17.8. The zero-order valence-corrected chi connectivity index (χ0v) is 21.9. The van der Waals surface area contributed by atoms with E-state index in [0.717, 1.165) is 16.9 Å². The number of aliphatic hydroxyl groups is 3. The highest BCUT2D eigenvalue weighted by molar-refractivity contribution is 7.99. The lowest BCUT2D eigenvalue weighted by molar-refractivity contribution is -0.218. The van der Waals surface area contributed by atoms with Gasteiger partial charge in [-0.2, -0.15) is 0 Å². The summed E-state index contributed by atoms with van der Waals surface area (Å²) in [5, 5.41) is 32.6. The molecule has 3 aromatic rings. The van der Waals surface area contributed by atoms with Gasteiger partial charge in [-0.05, 0) is 60.4 Å². The summed E-state index contributed by atoms with van der Waals surface area (Å²) in [6.07, 6.45) is -5.20. The van der Waals surface area contributed by atoms with Crippen molar-refractivity contribution in [3.05, 3.63) is 94.0 Å². The van der Waals surface area contributed by atoms with Gasteiger partial charge in [-0.3, -0.25) is 4.79 Å². The van der Waals surface area contributed by atoms with Crippen LogP contribution in [0.2, 0.25) is 5.02 Å². The van der Waals surface area contributed by atoms with Crippen LogP contribution in [0.3, 0.4) is 0 Å². The predicted molar refractivity (Wildman–Crippen MR) is 143 cm³/mol. The minimum Gasteiger partial charge on any atom is -0.494 e. The largest absolute Gasteiger partial charge is 0.494 e. The van der Waals surface area contributed by atoms with Crippen molar-refractivity contribution in [2.75, 3.05) is 12.4 Å². The minimum atomic E-state index is -1.42. The van der Waals surface area contributed by atoms with E-state index >= 15 is 0 Å². The van der Waals surface area contributed by atoms with Crippen molar-refractivity contribution >= 4 is 29.3 Å². The molecule has 1 saturated heterocycles. The van der Waals surface area contributed by atoms with Gasteiger partial charge < -0.3 is 30.5 Å². The number of primary amides is 1. The molecule has 1 aliphatic heterocycles. The van der Waals surface area contributed by atoms with Crippen molar-refractivity contribution < 1.29 is 29.6 Å². The molecule has 3 aromatic carbocycles. The zero-order chi connectivity index (χ0) is 26.5. The van der Waals surface area contributed by atoms with Gasteiger partial charge in [0.2, 0.25) is 5.91 Å². The van der Waals surface area contributed by atoms with Gasteiger partial charge in [0.25, 0.3) is 0 Å². The molecule has 1 aliphatic rings. The third-order valence-corrected chi connectivity index (χ3v) is 7.83. The Kier molecular flexibility index (Phi) is 9.13. The molecular weight excluding hydrogens is 514 g/mol. The van der Waals surface area contributed by atoms with Crippen LogP contribution in [0.1, 0.15) is 40.1 Å². The van der Waals surface area contributed by atoms with E-state index in [1.165, 1.54) is 11.8 Å². The van der Waals surface area contributed by atoms with Crippen molar-refractivity contribution in [2.24, 2.45) is 5.73 Å². The van der Waals surface area contributed by atoms with E-state index < -0.39 is 36.4 Å². The number of carbonyl (C=O) groups excluding carboxylic acids is 1. The third kappa shape index (κ3) is 6.46. The fourth-order valence-electron chi connectivity index (χ4n) is 4.33. The number of carbonyl (C=O) groups is 1. The Hall–Kier alpha value is -2.59. The van der Waals surface area contributed by atoms with E-state index in [2.05, 4.69) is 0 Å². The van der Waals surface area contributed by atoms with E-state index in [4.69, 9.17) is 26.8 Å². The van der Waals surface area contributed by atoms with Crippen molar-refractivity contribution in [1.29, 1.82) is 0 Å². The second-order valence-corrected chi connectivity index (χ2v) is 10.3. The van der Waals surface area contributed by atoms with Gasteiger partial charge >= 0.3 is 0 Å². The molecular formula is C28H30ClNO6S. The summed E-state index contributed by atoms with van der Waals surface area (Å²) in [5.74, 6) is 0.473. The first-order valence-electron chi connectivity index (χ1n) is 12.0. The summed E-state index contributed by atoms with van der Waals surface area (Å²) in [5.41, 5.74) is 8.34. The van der Waals surface area contributed by atoms with Crippen molar-refractivity contribution in [1.82, 2.24) is 0 Å². The highest BCUT2D eigenvalue weighted by Crippen LogP contribution is 2.36. The van der Waals surface area contributed by atoms with Crippen molar-refractivity contribution in [3.8, 4) is 5.75 Å². The zero-order valence-electron chi connectivity index (χ0n) is 20.3. The summed E-state index contributed by atoms with van der Waals surface area (Å²) < 4.78 is 11.6. The summed E-state index contributed by atoms with van der Waals surface area (Å²) in [6, 6.07) is 20.0. The number of hydrogen-bond donors (Lipinski definition) is 4. The maximum absolute atomic E-state index is 11.7. The van der Waals surface area contributed by atoms with Crippen LogP contribution in [-0.2, 0) is 11.2 Å². The molecule has 5 N–H and O–H groups in total. The molecule has 0 unspecified atom stereocenters. The Morgan fingerprint density at radius 1 is 1.03 bits per heavy atom. The van der Waals surface area contributed by atoms with Gasteiger partial charge in [0.1, 0.15) is 30.2 Å². The number of hydrogen-bond acceptors (Lipinski definition) is 7. The van der Waals surface area contributed by atoms with Crippen molar-refractivity contribution in [2.45, 2.75) is 48.8 Å². The van der Waals surface area contributed by atoms with Gasteiger partial charge in [-0.15, -0.1) is 11.8 Å². The van der Waals surface area contributed by atoms with Gasteiger partial charge in [0.05, 0.1) is 18.3 Å². The molecule has 0 aliphatic carbocycles. The van der Waals surface area contributed by atoms with Crippen LogP contribution in [0.15, 0.2) is 71.6 Å². The number of amides is 1. The first-order valence-corrected chi connectivity index (χ1v) is 13.4. The standard InChI is InChI=1S/C28H30ClNO6S/c1-2-35-19-10-7-16(8-11-19)13-18-14-17(9-12-21(18)29)27-26(33)25(32)24(31)22(36-27)15-37-23-6-4-3-5-20(23)28(30)34/h3-12,14,22,24-27,31-33H,2,13,15H2,1H3,(H2,30,34)/t22-,24+,25-,26-,27+/m1/s1. The van der Waals surface area contributed by atoms with Crippen LogP contribution in [-0.4, -0.2) is 58.0 Å². The molecule has 0 aromatic heterocycles. The fourth-order valence-corrected chi connectivity index (χ4v) is 5.63. The van der Waals surface area contributed by atoms with E-state index in [1.54, 1.807) is 36.4 Å². The fraction of sp³-hybridized carbons (Fsp3) is 0.321. The molecule has 0 radical (unpaired) electrons. The first kappa shape index (κ1) is 27.4. The number of benzene rings is 3. The average molecular weight is 544 g/mol. The Labute approximate surface area is 225 Å². The molecule has 9 heteroatoms. The molecule has 5 atom stereocenters. The van der Waals surface area contributed by atoms with E-state index in [-0.39, 0.29) is 5.75 Å². The molecule has 7 nitrogen and oxygen atoms in total. The molecule has 0 spiro atoms. The minimum absolute atomic E-state index is 0.234. The highest BCUT2D eigenvalue weighted by atomic mass is 35.5. The van der Waals surface area contributed by atoms with Gasteiger partial charge in [0, 0.05) is 15.7 Å². The monoisotopic (exact) mass is 543 g/mol. The van der Waals surface area contributed by atoms with Gasteiger partial charge in [-0.1, -0.05) is 48.0 Å². The lowest BCUT2D eigenvalue weighted by Gasteiger charge is -2.41. The lowest BCUT2D eigenvalue weighted by Crippen LogP contribution is -2.54. The van der Waals surface area contributed by atoms with Gasteiger partial charge in [-0.25, -0.2) is 0 Å². The third-order valence-electron chi connectivity index (χ3n) is 6.30. The molecule has 0 bridgehead atoms. The van der Waals surface area contributed by atoms with E-state index in [9.17, 15) is 20.1 Å². The highest BCUT2D eigenvalue weighted by Gasteiger charge is 2.44. The Bertz CT molecular complexity index is 1220. The lowest BCUT2D eigenvalue weighted by atomic mass is 9.90. The molecule has 196 valence electrons. The van der Waals surface area contributed by atoms with Crippen LogP contribution in [0.5, 0.6) is 5.75 Å². The topological polar surface area (TPSA) is 122 Å². The van der Waals surface area contributed by atoms with Crippen LogP contribution >= 0.6 is 23.4 Å². The van der Waals surface area contributed by atoms with Crippen molar-refractivity contribution in [3.63, 3.8) is 0 Å². The van der Waals surface area contributed by atoms with Crippen LogP contribution < -0.4 is 10.5 Å². The summed E-state index contributed by atoms with van der Waals surface area (Å²) in [6.45, 7) is 2.52. The summed E-state index contributed by atoms with van der Waals surface area (Å²) in [4.78, 5) is 12.4. The number of thioether (sulfide) groups is 1. The van der Waals surface area contributed by atoms with E-state index in [0.29, 0.717) is 34.1 Å². The maximum Gasteiger partial charge on any atom is 0.249 e. The number of aliphatic hydroxyl groups excluding tert-OH is 3. The number of nitrogens with two attached hydrogens (primary N) is 1. The normalized spacial score (nSPS) is 23.5. The second kappa shape index (κ2) is 12.3. The Balaban J connectivity index is 1.52. The van der Waals surface area contributed by atoms with Gasteiger partial charge in [0.15, 0.2) is 0 Å². The SMILES string of the molecule is CCOc1ccc(Cc2cc([C@@H]3O[C@H](CSc4ccccc4C(N)=O)[C@H](O)[C@@H](O)[C@H]3O)ccc2Cl)cc1. The quantitative estimate of drug-likeness (QED) is 0.303. The number of ether oxygens (including phenoxy) is 2. The number of halogens is 1. The Morgan fingerprint density at radius 3 is 2.46 bits per heavy atom. The summed E-state index contributed by atoms with van der Waals surface area (Å²) in [7, 11) is 0. The second-order valence-electron chi connectivity index (χ2n) is 8.84. The molecule has 0 saturated carbocycles. The van der Waals surface area contributed by atoms with E-state index in [1.807, 2.05) is 37.3 Å². The van der Waals surface area contributed by atoms with Crippen LogP contribution in [0, 0.1) is 0 Å². The number of rotatable bonds is 9. The van der Waals surface area contributed by atoms with Crippen LogP contribution in [0.25, 0.3) is 0 Å². The predicted octanol–water partition coefficient (Wildman–Crippen LogP) is 3.74. The molecule has 1 amide bonds. The maximum atomic E-state index is 11.7.